The molecule has 106 valence electrons. The average Bonchev–Trinajstić information content (AvgIpc) is 2.37. The summed E-state index contributed by atoms with van der Waals surface area (Å²) < 4.78 is 30.4. The Hall–Kier alpha value is -1.60. The number of rotatable bonds is 9. The van der Waals surface area contributed by atoms with Crippen molar-refractivity contribution in [2.24, 2.45) is 0 Å². The average molecular weight is 287 g/mol. The van der Waals surface area contributed by atoms with Crippen LogP contribution in [0, 0.1) is 0 Å². The number of hydrogen-bond acceptors (Lipinski definition) is 4. The largest absolute Gasteiger partial charge is 0.494 e. The molecule has 19 heavy (non-hydrogen) atoms. The van der Waals surface area contributed by atoms with Gasteiger partial charge >= 0.3 is 5.97 Å². The smallest absolute Gasteiger partial charge is 0.304 e. The highest BCUT2D eigenvalue weighted by Crippen LogP contribution is 2.08. The topological polar surface area (TPSA) is 92.7 Å². The number of nitrogens with one attached hydrogen (secondary N) is 1. The van der Waals surface area contributed by atoms with Crippen molar-refractivity contribution in [3.63, 3.8) is 0 Å². The molecule has 1 aromatic rings. The van der Waals surface area contributed by atoms with E-state index in [1.54, 1.807) is 0 Å². The first kappa shape index (κ1) is 15.5. The summed E-state index contributed by atoms with van der Waals surface area (Å²) in [5, 5.41) is 8.40. The molecule has 0 atom stereocenters. The Morgan fingerprint density at radius 1 is 1.26 bits per heavy atom. The van der Waals surface area contributed by atoms with Crippen LogP contribution in [0.3, 0.4) is 0 Å². The molecule has 7 heteroatoms. The van der Waals surface area contributed by atoms with E-state index in [-0.39, 0.29) is 6.54 Å². The zero-order chi connectivity index (χ0) is 14.1. The fourth-order valence-electron chi connectivity index (χ4n) is 1.30. The lowest BCUT2D eigenvalue weighted by atomic mass is 10.3. The van der Waals surface area contributed by atoms with Gasteiger partial charge in [0.05, 0.1) is 18.8 Å². The van der Waals surface area contributed by atoms with Gasteiger partial charge in [-0.15, -0.1) is 0 Å². The summed E-state index contributed by atoms with van der Waals surface area (Å²) in [4.78, 5) is 10.3. The third kappa shape index (κ3) is 7.43. The summed E-state index contributed by atoms with van der Waals surface area (Å²) in [6.45, 7) is 0.625. The Kier molecular flexibility index (Phi) is 6.31. The number of carbonyl (C=O) groups is 1. The van der Waals surface area contributed by atoms with E-state index < -0.39 is 28.2 Å². The molecule has 0 bridgehead atoms. The van der Waals surface area contributed by atoms with Crippen LogP contribution in [0.25, 0.3) is 0 Å². The van der Waals surface area contributed by atoms with E-state index in [4.69, 9.17) is 9.84 Å². The Bertz CT molecular complexity index is 486. The van der Waals surface area contributed by atoms with Crippen molar-refractivity contribution in [3.05, 3.63) is 30.3 Å². The number of carboxylic acid groups (broad SMARTS) is 1. The van der Waals surface area contributed by atoms with Crippen molar-refractivity contribution in [3.8, 4) is 5.75 Å². The van der Waals surface area contributed by atoms with Crippen molar-refractivity contribution in [1.82, 2.24) is 4.72 Å². The second-order valence-corrected chi connectivity index (χ2v) is 5.80. The van der Waals surface area contributed by atoms with Crippen molar-refractivity contribution in [1.29, 1.82) is 0 Å². The van der Waals surface area contributed by atoms with Crippen LogP contribution in [-0.4, -0.2) is 38.4 Å². The van der Waals surface area contributed by atoms with Gasteiger partial charge in [-0.05, 0) is 18.6 Å². The van der Waals surface area contributed by atoms with E-state index in [0.29, 0.717) is 13.0 Å². The zero-order valence-corrected chi connectivity index (χ0v) is 11.2. The first-order chi connectivity index (χ1) is 8.99. The molecule has 2 N–H and O–H groups in total. The van der Waals surface area contributed by atoms with Crippen molar-refractivity contribution in [2.45, 2.75) is 12.8 Å². The van der Waals surface area contributed by atoms with Gasteiger partial charge in [-0.2, -0.15) is 0 Å². The fraction of sp³-hybridized carbons (Fsp3) is 0.417. The summed E-state index contributed by atoms with van der Waals surface area (Å²) >= 11 is 0. The summed E-state index contributed by atoms with van der Waals surface area (Å²) in [6, 6.07) is 9.21. The number of aliphatic carboxylic acids is 1. The molecule has 0 aliphatic rings. The van der Waals surface area contributed by atoms with Gasteiger partial charge in [-0.1, -0.05) is 18.2 Å². The lowest BCUT2D eigenvalue weighted by Gasteiger charge is -2.07. The van der Waals surface area contributed by atoms with E-state index in [9.17, 15) is 13.2 Å². The molecule has 1 rings (SSSR count). The molecule has 0 aliphatic carbocycles. The van der Waals surface area contributed by atoms with E-state index >= 15 is 0 Å². The molecular formula is C12H17NO5S. The highest BCUT2D eigenvalue weighted by atomic mass is 32.2. The minimum Gasteiger partial charge on any atom is -0.494 e. The van der Waals surface area contributed by atoms with E-state index in [1.165, 1.54) is 0 Å². The number of ether oxygens (including phenoxy) is 1. The molecule has 0 spiro atoms. The Balaban J connectivity index is 2.15. The van der Waals surface area contributed by atoms with Crippen LogP contribution < -0.4 is 9.46 Å². The molecule has 0 aromatic heterocycles. The Labute approximate surface area is 112 Å². The molecule has 1 aromatic carbocycles. The van der Waals surface area contributed by atoms with Crippen LogP contribution in [0.15, 0.2) is 30.3 Å². The van der Waals surface area contributed by atoms with Gasteiger partial charge < -0.3 is 9.84 Å². The molecule has 0 fully saturated rings. The number of sulfonamides is 1. The quantitative estimate of drug-likeness (QED) is 0.657. The fourth-order valence-corrected chi connectivity index (χ4v) is 2.34. The predicted octanol–water partition coefficient (Wildman–Crippen LogP) is 0.850. The van der Waals surface area contributed by atoms with Crippen molar-refractivity contribution >= 4 is 16.0 Å². The summed E-state index contributed by atoms with van der Waals surface area (Å²) in [5.41, 5.74) is 0. The van der Waals surface area contributed by atoms with E-state index in [0.717, 1.165) is 5.75 Å². The first-order valence-corrected chi connectivity index (χ1v) is 7.52. The third-order valence-corrected chi connectivity index (χ3v) is 3.63. The lowest BCUT2D eigenvalue weighted by Crippen LogP contribution is -2.29. The maximum absolute atomic E-state index is 11.4. The molecule has 0 unspecified atom stereocenters. The van der Waals surface area contributed by atoms with Crippen LogP contribution in [-0.2, 0) is 14.8 Å². The van der Waals surface area contributed by atoms with Crippen LogP contribution in [0.5, 0.6) is 5.75 Å². The number of para-hydroxylation sites is 1. The SMILES string of the molecule is O=C(O)CCS(=O)(=O)NCCCOc1ccccc1. The first-order valence-electron chi connectivity index (χ1n) is 5.86. The van der Waals surface area contributed by atoms with Gasteiger partial charge in [0.1, 0.15) is 5.75 Å². The zero-order valence-electron chi connectivity index (χ0n) is 10.4. The lowest BCUT2D eigenvalue weighted by molar-refractivity contribution is -0.136. The number of hydrogen-bond donors (Lipinski definition) is 2. The summed E-state index contributed by atoms with van der Waals surface area (Å²) in [7, 11) is -3.51. The Morgan fingerprint density at radius 3 is 2.58 bits per heavy atom. The second-order valence-electron chi connectivity index (χ2n) is 3.87. The van der Waals surface area contributed by atoms with Gasteiger partial charge in [-0.25, -0.2) is 13.1 Å². The molecule has 0 amide bonds. The minimum absolute atomic E-state index is 0.231. The number of carboxylic acids is 1. The summed E-state index contributed by atoms with van der Waals surface area (Å²) in [6.07, 6.45) is 0.122. The molecule has 0 radical (unpaired) electrons. The third-order valence-electron chi connectivity index (χ3n) is 2.24. The van der Waals surface area contributed by atoms with Crippen LogP contribution in [0.2, 0.25) is 0 Å². The predicted molar refractivity (Wildman–Crippen MR) is 70.6 cm³/mol. The van der Waals surface area contributed by atoms with Crippen LogP contribution in [0.4, 0.5) is 0 Å². The standard InChI is InChI=1S/C12H17NO5S/c14-12(15)7-10-19(16,17)13-8-4-9-18-11-5-2-1-3-6-11/h1-3,5-6,13H,4,7-10H2,(H,14,15). The molecule has 0 saturated carbocycles. The monoisotopic (exact) mass is 287 g/mol. The Morgan fingerprint density at radius 2 is 1.95 bits per heavy atom. The maximum Gasteiger partial charge on any atom is 0.304 e. The second kappa shape index (κ2) is 7.75. The normalized spacial score (nSPS) is 11.2. The minimum atomic E-state index is -3.51. The van der Waals surface area contributed by atoms with Crippen molar-refractivity contribution in [2.75, 3.05) is 18.9 Å². The van der Waals surface area contributed by atoms with Crippen LogP contribution in [0.1, 0.15) is 12.8 Å². The highest BCUT2D eigenvalue weighted by Gasteiger charge is 2.11. The van der Waals surface area contributed by atoms with Gasteiger partial charge in [0.2, 0.25) is 10.0 Å². The summed E-state index contributed by atoms with van der Waals surface area (Å²) in [5.74, 6) is -0.795. The molecule has 0 heterocycles. The van der Waals surface area contributed by atoms with E-state index in [1.807, 2.05) is 30.3 Å². The van der Waals surface area contributed by atoms with Gasteiger partial charge in [0.25, 0.3) is 0 Å². The highest BCUT2D eigenvalue weighted by molar-refractivity contribution is 7.89. The van der Waals surface area contributed by atoms with Crippen molar-refractivity contribution < 1.29 is 23.1 Å². The van der Waals surface area contributed by atoms with Gasteiger partial charge in [-0.3, -0.25) is 4.79 Å². The van der Waals surface area contributed by atoms with Gasteiger partial charge in [0.15, 0.2) is 0 Å². The maximum atomic E-state index is 11.4. The molecule has 0 saturated heterocycles. The number of benzene rings is 1. The van der Waals surface area contributed by atoms with Gasteiger partial charge in [0, 0.05) is 6.54 Å². The molecular weight excluding hydrogens is 270 g/mol. The molecule has 0 aliphatic heterocycles. The van der Waals surface area contributed by atoms with E-state index in [2.05, 4.69) is 4.72 Å². The molecule has 6 nitrogen and oxygen atoms in total. The van der Waals surface area contributed by atoms with Crippen LogP contribution >= 0.6 is 0 Å².